The van der Waals surface area contributed by atoms with Gasteiger partial charge >= 0.3 is 11.9 Å². The number of carbonyl (C=O) groups is 4. The molecule has 44 heavy (non-hydrogen) atoms. The Morgan fingerprint density at radius 3 is 2.36 bits per heavy atom. The van der Waals surface area contributed by atoms with Crippen molar-refractivity contribution in [3.05, 3.63) is 77.9 Å². The zero-order valence-electron chi connectivity index (χ0n) is 25.7. The molecule has 1 unspecified atom stereocenters. The van der Waals surface area contributed by atoms with Crippen molar-refractivity contribution in [2.45, 2.75) is 76.9 Å². The summed E-state index contributed by atoms with van der Waals surface area (Å²) in [5.74, 6) is -1.67. The van der Waals surface area contributed by atoms with Gasteiger partial charge in [-0.15, -0.1) is 0 Å². The van der Waals surface area contributed by atoms with E-state index >= 15 is 0 Å². The van der Waals surface area contributed by atoms with E-state index in [2.05, 4.69) is 10.6 Å². The third-order valence-electron chi connectivity index (χ3n) is 7.75. The topological polar surface area (TPSA) is 133 Å². The Hall–Kier alpha value is -4.18. The monoisotopic (exact) mass is 606 g/mol. The number of carbonyl (C=O) groups excluding carboxylic acids is 4. The Balaban J connectivity index is 1.54. The van der Waals surface area contributed by atoms with Gasteiger partial charge in [0.2, 0.25) is 11.8 Å². The molecule has 0 bridgehead atoms. The Morgan fingerprint density at radius 2 is 1.68 bits per heavy atom. The Bertz CT molecular complexity index is 1310. The van der Waals surface area contributed by atoms with Crippen LogP contribution in [0.1, 0.15) is 57.3 Å². The van der Waals surface area contributed by atoms with Gasteiger partial charge in [0.1, 0.15) is 24.0 Å². The average molecular weight is 607 g/mol. The van der Waals surface area contributed by atoms with Crippen LogP contribution in [0.15, 0.2) is 66.7 Å². The lowest BCUT2D eigenvalue weighted by atomic mass is 9.93. The van der Waals surface area contributed by atoms with E-state index < -0.39 is 42.0 Å². The first kappa shape index (κ1) is 32.7. The zero-order valence-corrected chi connectivity index (χ0v) is 25.7. The van der Waals surface area contributed by atoms with Gasteiger partial charge in [-0.25, -0.2) is 4.79 Å². The molecule has 0 radical (unpaired) electrons. The highest BCUT2D eigenvalue weighted by Gasteiger charge is 2.47. The molecule has 2 aromatic rings. The Morgan fingerprint density at radius 1 is 0.955 bits per heavy atom. The second-order valence-electron chi connectivity index (χ2n) is 11.7. The molecule has 0 spiro atoms. The molecule has 0 aliphatic carbocycles. The normalized spacial score (nSPS) is 25.8. The summed E-state index contributed by atoms with van der Waals surface area (Å²) in [6.45, 7) is 5.77. The van der Waals surface area contributed by atoms with Crippen LogP contribution in [-0.4, -0.2) is 61.8 Å². The number of methoxy groups -OCH3 is 1. The first-order chi connectivity index (χ1) is 21.1. The summed E-state index contributed by atoms with van der Waals surface area (Å²) < 4.78 is 22.7. The summed E-state index contributed by atoms with van der Waals surface area (Å²) in [4.78, 5) is 52.2. The second-order valence-corrected chi connectivity index (χ2v) is 11.7. The fourth-order valence-electron chi connectivity index (χ4n) is 5.23. The lowest BCUT2D eigenvalue weighted by Crippen LogP contribution is -2.48. The molecule has 2 heterocycles. The predicted octanol–water partition coefficient (Wildman–Crippen LogP) is 3.83. The van der Waals surface area contributed by atoms with Crippen molar-refractivity contribution in [1.29, 1.82) is 0 Å². The summed E-state index contributed by atoms with van der Waals surface area (Å²) in [6.07, 6.45) is 1.50. The van der Waals surface area contributed by atoms with Crippen LogP contribution in [-0.2, 0) is 39.8 Å². The van der Waals surface area contributed by atoms with Crippen molar-refractivity contribution in [1.82, 2.24) is 10.6 Å². The third kappa shape index (κ3) is 9.41. The minimum absolute atomic E-state index is 0.0223. The number of amides is 2. The van der Waals surface area contributed by atoms with Gasteiger partial charge in [-0.1, -0.05) is 69.3 Å². The fraction of sp³-hybridized carbons (Fsp3) is 0.471. The van der Waals surface area contributed by atoms with Gasteiger partial charge in [-0.3, -0.25) is 14.4 Å². The van der Waals surface area contributed by atoms with Crippen LogP contribution >= 0.6 is 0 Å². The molecule has 1 saturated heterocycles. The summed E-state index contributed by atoms with van der Waals surface area (Å²) >= 11 is 0. The lowest BCUT2D eigenvalue weighted by molar-refractivity contribution is -0.174. The average Bonchev–Trinajstić information content (AvgIpc) is 3.81. The fourth-order valence-corrected chi connectivity index (χ4v) is 5.23. The van der Waals surface area contributed by atoms with Gasteiger partial charge in [0.05, 0.1) is 19.6 Å². The number of hydrogen-bond donors (Lipinski definition) is 2. The molecule has 10 nitrogen and oxygen atoms in total. The molecule has 2 aromatic carbocycles. The highest BCUT2D eigenvalue weighted by Crippen LogP contribution is 2.45. The van der Waals surface area contributed by atoms with E-state index in [4.69, 9.17) is 18.9 Å². The quantitative estimate of drug-likeness (QED) is 0.342. The largest absolute Gasteiger partial charge is 0.497 e. The van der Waals surface area contributed by atoms with E-state index in [0.29, 0.717) is 5.75 Å². The van der Waals surface area contributed by atoms with E-state index in [1.54, 1.807) is 25.3 Å². The second kappa shape index (κ2) is 15.5. The van der Waals surface area contributed by atoms with Gasteiger partial charge in [0.15, 0.2) is 6.10 Å². The predicted molar refractivity (Wildman–Crippen MR) is 162 cm³/mol. The van der Waals surface area contributed by atoms with E-state index in [0.717, 1.165) is 11.1 Å². The van der Waals surface area contributed by atoms with E-state index in [-0.39, 0.29) is 56.3 Å². The lowest BCUT2D eigenvalue weighted by Gasteiger charge is -2.26. The molecule has 236 valence electrons. The Labute approximate surface area is 258 Å². The molecule has 2 amide bonds. The van der Waals surface area contributed by atoms with E-state index in [9.17, 15) is 19.2 Å². The first-order valence-electron chi connectivity index (χ1n) is 15.1. The summed E-state index contributed by atoms with van der Waals surface area (Å²) in [5, 5.41) is 5.47. The van der Waals surface area contributed by atoms with Gasteiger partial charge < -0.3 is 29.6 Å². The standard InChI is InChI=1S/C34H42N2O8/c1-21(2)19-28-34(40)43-27(22(3)31-32(44-31)24-9-6-5-7-10-24)11-8-12-29(37)36-26(33(39)35-18-17-30(38)42-28)20-23-13-15-25(41-4)16-14-23/h5-10,12-16,21-22,26-28,31-32H,11,17-20H2,1-4H3,(H,35,39)(H,36,37)/t22?,26-,27+,28+,31-,32-/m1/s1. The van der Waals surface area contributed by atoms with E-state index in [1.807, 2.05) is 63.2 Å². The van der Waals surface area contributed by atoms with Crippen molar-refractivity contribution in [2.75, 3.05) is 13.7 Å². The maximum Gasteiger partial charge on any atom is 0.347 e. The number of rotatable bonds is 8. The highest BCUT2D eigenvalue weighted by atomic mass is 16.6. The molecule has 6 atom stereocenters. The maximum atomic E-state index is 13.3. The molecule has 1 fully saturated rings. The Kier molecular flexibility index (Phi) is 11.5. The summed E-state index contributed by atoms with van der Waals surface area (Å²) in [6, 6.07) is 16.1. The van der Waals surface area contributed by atoms with Crippen LogP contribution in [0, 0.1) is 11.8 Å². The van der Waals surface area contributed by atoms with Crippen molar-refractivity contribution in [3.8, 4) is 5.75 Å². The van der Waals surface area contributed by atoms with Crippen LogP contribution in [0.2, 0.25) is 0 Å². The van der Waals surface area contributed by atoms with Crippen LogP contribution in [0.3, 0.4) is 0 Å². The molecule has 4 rings (SSSR count). The maximum absolute atomic E-state index is 13.3. The molecule has 2 N–H and O–H groups in total. The van der Waals surface area contributed by atoms with Crippen molar-refractivity contribution in [3.63, 3.8) is 0 Å². The molecule has 0 aromatic heterocycles. The molecule has 10 heteroatoms. The van der Waals surface area contributed by atoms with Crippen LogP contribution < -0.4 is 15.4 Å². The highest BCUT2D eigenvalue weighted by molar-refractivity contribution is 5.93. The van der Waals surface area contributed by atoms with Crippen LogP contribution in [0.4, 0.5) is 0 Å². The van der Waals surface area contributed by atoms with Crippen molar-refractivity contribution < 1.29 is 38.1 Å². The minimum atomic E-state index is -1.10. The van der Waals surface area contributed by atoms with Crippen LogP contribution in [0.5, 0.6) is 5.75 Å². The number of hydrogen-bond acceptors (Lipinski definition) is 8. The van der Waals surface area contributed by atoms with Gasteiger partial charge in [0, 0.05) is 25.3 Å². The zero-order chi connectivity index (χ0) is 31.6. The van der Waals surface area contributed by atoms with Crippen molar-refractivity contribution >= 4 is 23.8 Å². The molecular formula is C34H42N2O8. The molecule has 2 aliphatic heterocycles. The summed E-state index contributed by atoms with van der Waals surface area (Å²) in [7, 11) is 1.57. The van der Waals surface area contributed by atoms with Gasteiger partial charge in [-0.05, 0) is 41.7 Å². The van der Waals surface area contributed by atoms with Crippen LogP contribution in [0.25, 0.3) is 0 Å². The number of cyclic esters (lactones) is 2. The van der Waals surface area contributed by atoms with Crippen molar-refractivity contribution in [2.24, 2.45) is 11.8 Å². The number of esters is 2. The number of benzene rings is 2. The number of epoxide rings is 1. The number of ether oxygens (including phenoxy) is 4. The smallest absolute Gasteiger partial charge is 0.347 e. The van der Waals surface area contributed by atoms with Gasteiger partial charge in [0.25, 0.3) is 0 Å². The first-order valence-corrected chi connectivity index (χ1v) is 15.1. The molecule has 0 saturated carbocycles. The van der Waals surface area contributed by atoms with E-state index in [1.165, 1.54) is 6.08 Å². The van der Waals surface area contributed by atoms with Gasteiger partial charge in [-0.2, -0.15) is 0 Å². The molecule has 2 aliphatic rings. The molecular weight excluding hydrogens is 564 g/mol. The SMILES string of the molecule is COc1ccc(C[C@H]2NC(=O)C=CC[C@@H](C(C)[C@H]3O[C@@H]3c3ccccc3)OC(=O)[C@H](CC(C)C)OC(=O)CCNC2=O)cc1. The summed E-state index contributed by atoms with van der Waals surface area (Å²) in [5.41, 5.74) is 1.85. The number of nitrogens with one attached hydrogen (secondary N) is 2. The minimum Gasteiger partial charge on any atom is -0.497 e. The third-order valence-corrected chi connectivity index (χ3v) is 7.75.